The van der Waals surface area contributed by atoms with Crippen molar-refractivity contribution in [1.82, 2.24) is 4.90 Å². The van der Waals surface area contributed by atoms with E-state index in [4.69, 9.17) is 9.47 Å². The minimum Gasteiger partial charge on any atom is -0.450 e. The minimum atomic E-state index is -0.256. The van der Waals surface area contributed by atoms with Crippen LogP contribution in [0.3, 0.4) is 0 Å². The summed E-state index contributed by atoms with van der Waals surface area (Å²) in [5.74, 6) is 0. The number of carbonyl (C=O) groups is 1. The third kappa shape index (κ3) is 2.11. The van der Waals surface area contributed by atoms with Gasteiger partial charge >= 0.3 is 6.09 Å². The predicted octanol–water partition coefficient (Wildman–Crippen LogP) is 0.864. The largest absolute Gasteiger partial charge is 0.450 e. The summed E-state index contributed by atoms with van der Waals surface area (Å²) >= 11 is 0. The summed E-state index contributed by atoms with van der Waals surface area (Å²) in [5, 5.41) is 0. The zero-order chi connectivity index (χ0) is 8.97. The van der Waals surface area contributed by atoms with Crippen LogP contribution in [0.4, 0.5) is 4.79 Å². The number of hydrogen-bond acceptors (Lipinski definition) is 3. The van der Waals surface area contributed by atoms with Crippen LogP contribution in [0.2, 0.25) is 0 Å². The Balaban J connectivity index is 2.34. The standard InChI is InChI=1S/C8H15NO3/c1-3-12-8(10)9(2)7-4-5-11-6-7/h7H,3-6H2,1-2H3. The van der Waals surface area contributed by atoms with E-state index >= 15 is 0 Å². The lowest BCUT2D eigenvalue weighted by molar-refractivity contribution is 0.0953. The Bertz CT molecular complexity index is 154. The Morgan fingerprint density at radius 1 is 1.75 bits per heavy atom. The molecule has 1 rings (SSSR count). The smallest absolute Gasteiger partial charge is 0.409 e. The van der Waals surface area contributed by atoms with Crippen LogP contribution >= 0.6 is 0 Å². The second-order valence-corrected chi connectivity index (χ2v) is 2.83. The van der Waals surface area contributed by atoms with E-state index in [9.17, 15) is 4.79 Å². The first-order valence-electron chi connectivity index (χ1n) is 4.23. The van der Waals surface area contributed by atoms with Crippen LogP contribution in [0, 0.1) is 0 Å². The minimum absolute atomic E-state index is 0.198. The Morgan fingerprint density at radius 3 is 3.00 bits per heavy atom. The Kier molecular flexibility index (Phi) is 3.34. The van der Waals surface area contributed by atoms with Crippen LogP contribution in [0.1, 0.15) is 13.3 Å². The number of amides is 1. The molecule has 0 saturated carbocycles. The fraction of sp³-hybridized carbons (Fsp3) is 0.875. The molecule has 1 fully saturated rings. The number of likely N-dealkylation sites (N-methyl/N-ethyl adjacent to an activating group) is 1. The van der Waals surface area contributed by atoms with E-state index in [1.54, 1.807) is 18.9 Å². The zero-order valence-corrected chi connectivity index (χ0v) is 7.58. The molecule has 1 heterocycles. The molecule has 4 nitrogen and oxygen atoms in total. The third-order valence-corrected chi connectivity index (χ3v) is 2.01. The first kappa shape index (κ1) is 9.32. The van der Waals surface area contributed by atoms with E-state index in [0.29, 0.717) is 13.2 Å². The van der Waals surface area contributed by atoms with Crippen molar-refractivity contribution in [3.8, 4) is 0 Å². The molecular formula is C8H15NO3. The van der Waals surface area contributed by atoms with Crippen LogP contribution in [0.15, 0.2) is 0 Å². The van der Waals surface area contributed by atoms with Gasteiger partial charge in [-0.3, -0.25) is 0 Å². The summed E-state index contributed by atoms with van der Waals surface area (Å²) < 4.78 is 10.0. The Labute approximate surface area is 72.4 Å². The van der Waals surface area contributed by atoms with Crippen LogP contribution in [0.25, 0.3) is 0 Å². The lowest BCUT2D eigenvalue weighted by Crippen LogP contribution is -2.37. The molecule has 1 saturated heterocycles. The summed E-state index contributed by atoms with van der Waals surface area (Å²) in [6, 6.07) is 0.198. The van der Waals surface area contributed by atoms with Gasteiger partial charge < -0.3 is 14.4 Å². The number of rotatable bonds is 2. The lowest BCUT2D eigenvalue weighted by atomic mass is 10.2. The molecule has 0 aromatic heterocycles. The van der Waals surface area contributed by atoms with Crippen LogP contribution < -0.4 is 0 Å². The van der Waals surface area contributed by atoms with Gasteiger partial charge in [-0.2, -0.15) is 0 Å². The highest BCUT2D eigenvalue weighted by molar-refractivity contribution is 5.67. The molecule has 0 N–H and O–H groups in total. The van der Waals surface area contributed by atoms with Crippen LogP contribution in [0.5, 0.6) is 0 Å². The average molecular weight is 173 g/mol. The van der Waals surface area contributed by atoms with E-state index in [1.807, 2.05) is 0 Å². The number of ether oxygens (including phenoxy) is 2. The quantitative estimate of drug-likeness (QED) is 0.621. The molecule has 70 valence electrons. The molecular weight excluding hydrogens is 158 g/mol. The fourth-order valence-electron chi connectivity index (χ4n) is 1.20. The number of nitrogens with zero attached hydrogens (tertiary/aromatic N) is 1. The average Bonchev–Trinajstić information content (AvgIpc) is 2.55. The molecule has 1 unspecified atom stereocenters. The zero-order valence-electron chi connectivity index (χ0n) is 7.58. The normalized spacial score (nSPS) is 22.3. The van der Waals surface area contributed by atoms with Gasteiger partial charge in [0.1, 0.15) is 0 Å². The summed E-state index contributed by atoms with van der Waals surface area (Å²) in [6.45, 7) is 3.61. The highest BCUT2D eigenvalue weighted by Gasteiger charge is 2.24. The van der Waals surface area contributed by atoms with E-state index in [2.05, 4.69) is 0 Å². The summed E-state index contributed by atoms with van der Waals surface area (Å²) in [4.78, 5) is 12.8. The van der Waals surface area contributed by atoms with Gasteiger partial charge in [-0.15, -0.1) is 0 Å². The lowest BCUT2D eigenvalue weighted by Gasteiger charge is -2.21. The van der Waals surface area contributed by atoms with Crippen molar-refractivity contribution in [2.75, 3.05) is 26.9 Å². The van der Waals surface area contributed by atoms with Crippen molar-refractivity contribution in [2.24, 2.45) is 0 Å². The molecule has 0 aromatic rings. The molecule has 1 aliphatic heterocycles. The van der Waals surface area contributed by atoms with E-state index in [-0.39, 0.29) is 12.1 Å². The Morgan fingerprint density at radius 2 is 2.50 bits per heavy atom. The highest BCUT2D eigenvalue weighted by Crippen LogP contribution is 2.11. The van der Waals surface area contributed by atoms with Crippen LogP contribution in [-0.4, -0.2) is 43.9 Å². The molecule has 0 spiro atoms. The van der Waals surface area contributed by atoms with Gasteiger partial charge in [0.2, 0.25) is 0 Å². The topological polar surface area (TPSA) is 38.8 Å². The maximum Gasteiger partial charge on any atom is 0.409 e. The van der Waals surface area contributed by atoms with E-state index in [0.717, 1.165) is 13.0 Å². The van der Waals surface area contributed by atoms with Crippen molar-refractivity contribution < 1.29 is 14.3 Å². The van der Waals surface area contributed by atoms with E-state index in [1.165, 1.54) is 0 Å². The fourth-order valence-corrected chi connectivity index (χ4v) is 1.20. The van der Waals surface area contributed by atoms with Gasteiger partial charge in [-0.05, 0) is 13.3 Å². The van der Waals surface area contributed by atoms with Crippen molar-refractivity contribution in [2.45, 2.75) is 19.4 Å². The number of hydrogen-bond donors (Lipinski definition) is 0. The molecule has 4 heteroatoms. The first-order valence-corrected chi connectivity index (χ1v) is 4.23. The molecule has 0 aliphatic carbocycles. The summed E-state index contributed by atoms with van der Waals surface area (Å²) in [6.07, 6.45) is 0.656. The molecule has 0 radical (unpaired) electrons. The molecule has 1 atom stereocenters. The van der Waals surface area contributed by atoms with Crippen molar-refractivity contribution in [3.05, 3.63) is 0 Å². The molecule has 1 amide bonds. The van der Waals surface area contributed by atoms with Crippen molar-refractivity contribution in [3.63, 3.8) is 0 Å². The summed E-state index contributed by atoms with van der Waals surface area (Å²) in [7, 11) is 1.75. The van der Waals surface area contributed by atoms with Gasteiger partial charge in [-0.1, -0.05) is 0 Å². The maximum absolute atomic E-state index is 11.2. The molecule has 12 heavy (non-hydrogen) atoms. The Hall–Kier alpha value is -0.770. The predicted molar refractivity (Wildman–Crippen MR) is 44.0 cm³/mol. The second-order valence-electron chi connectivity index (χ2n) is 2.83. The van der Waals surface area contributed by atoms with Crippen molar-refractivity contribution >= 4 is 6.09 Å². The monoisotopic (exact) mass is 173 g/mol. The molecule has 1 aliphatic rings. The molecule has 0 bridgehead atoms. The van der Waals surface area contributed by atoms with Gasteiger partial charge in [0.05, 0.1) is 19.3 Å². The third-order valence-electron chi connectivity index (χ3n) is 2.01. The summed E-state index contributed by atoms with van der Waals surface area (Å²) in [5.41, 5.74) is 0. The SMILES string of the molecule is CCOC(=O)N(C)C1CCOC1. The van der Waals surface area contributed by atoms with Gasteiger partial charge in [0, 0.05) is 13.7 Å². The highest BCUT2D eigenvalue weighted by atomic mass is 16.6. The first-order chi connectivity index (χ1) is 5.75. The number of carbonyl (C=O) groups excluding carboxylic acids is 1. The van der Waals surface area contributed by atoms with Crippen molar-refractivity contribution in [1.29, 1.82) is 0 Å². The van der Waals surface area contributed by atoms with Gasteiger partial charge in [0.15, 0.2) is 0 Å². The second kappa shape index (κ2) is 4.30. The van der Waals surface area contributed by atoms with Crippen LogP contribution in [-0.2, 0) is 9.47 Å². The maximum atomic E-state index is 11.2. The van der Waals surface area contributed by atoms with Gasteiger partial charge in [0.25, 0.3) is 0 Å². The molecule has 0 aromatic carbocycles. The van der Waals surface area contributed by atoms with E-state index < -0.39 is 0 Å². The van der Waals surface area contributed by atoms with Gasteiger partial charge in [-0.25, -0.2) is 4.79 Å².